The van der Waals surface area contributed by atoms with Gasteiger partial charge < -0.3 is 25.1 Å². The molecule has 10 heteroatoms. The predicted molar refractivity (Wildman–Crippen MR) is 132 cm³/mol. The topological polar surface area (TPSA) is 112 Å². The van der Waals surface area contributed by atoms with Crippen molar-refractivity contribution in [3.63, 3.8) is 0 Å². The van der Waals surface area contributed by atoms with Crippen LogP contribution in [0.3, 0.4) is 0 Å². The first-order chi connectivity index (χ1) is 17.3. The zero-order valence-electron chi connectivity index (χ0n) is 21.4. The van der Waals surface area contributed by atoms with Crippen molar-refractivity contribution in [2.24, 2.45) is 5.41 Å². The average Bonchev–Trinajstić information content (AvgIpc) is 3.43. The van der Waals surface area contributed by atoms with E-state index in [2.05, 4.69) is 10.6 Å². The zero-order chi connectivity index (χ0) is 27.1. The van der Waals surface area contributed by atoms with E-state index in [-0.39, 0.29) is 34.6 Å². The molecule has 3 unspecified atom stereocenters. The maximum atomic E-state index is 13.6. The number of amides is 2. The molecular weight excluding hydrogens is 484 g/mol. The van der Waals surface area contributed by atoms with E-state index in [0.717, 1.165) is 18.6 Å². The van der Waals surface area contributed by atoms with Crippen molar-refractivity contribution >= 4 is 17.8 Å². The van der Waals surface area contributed by atoms with Crippen molar-refractivity contribution in [3.8, 4) is 11.3 Å². The molecule has 1 saturated heterocycles. The quantitative estimate of drug-likeness (QED) is 0.535. The molecule has 0 radical (unpaired) electrons. The molecule has 37 heavy (non-hydrogen) atoms. The summed E-state index contributed by atoms with van der Waals surface area (Å²) in [6, 6.07) is 4.86. The summed E-state index contributed by atoms with van der Waals surface area (Å²) in [5.41, 5.74) is -1.02. The molecular formula is C27H33F2N3O5. The summed E-state index contributed by atoms with van der Waals surface area (Å²) in [6.07, 6.45) is 2.02. The third-order valence-electron chi connectivity index (χ3n) is 7.28. The van der Waals surface area contributed by atoms with Gasteiger partial charge in [0.25, 0.3) is 5.91 Å². The van der Waals surface area contributed by atoms with Crippen LogP contribution in [-0.4, -0.2) is 58.0 Å². The number of nitrogens with zero attached hydrogens (tertiary/aromatic N) is 1. The fourth-order valence-corrected chi connectivity index (χ4v) is 5.53. The number of carbonyl (C=O) groups is 3. The maximum Gasteiger partial charge on any atom is 0.311 e. The second-order valence-electron chi connectivity index (χ2n) is 11.3. The summed E-state index contributed by atoms with van der Waals surface area (Å²) in [6.45, 7) is 8.14. The second-order valence-corrected chi connectivity index (χ2v) is 11.3. The number of nitrogens with one attached hydrogen (secondary N) is 2. The van der Waals surface area contributed by atoms with Crippen LogP contribution in [-0.2, 0) is 9.59 Å². The molecule has 0 spiro atoms. The van der Waals surface area contributed by atoms with Gasteiger partial charge in [-0.15, -0.1) is 0 Å². The molecule has 0 bridgehead atoms. The molecule has 8 nitrogen and oxygen atoms in total. The molecule has 2 heterocycles. The third-order valence-corrected chi connectivity index (χ3v) is 7.28. The van der Waals surface area contributed by atoms with Crippen molar-refractivity contribution in [1.82, 2.24) is 15.5 Å². The third kappa shape index (κ3) is 5.53. The van der Waals surface area contributed by atoms with Gasteiger partial charge in [0, 0.05) is 29.7 Å². The number of likely N-dealkylation sites (tertiary alicyclic amines) is 1. The number of carboxylic acid groups (broad SMARTS) is 1. The Balaban J connectivity index is 1.43. The number of aliphatic carboxylic acids is 1. The van der Waals surface area contributed by atoms with Crippen molar-refractivity contribution < 1.29 is 32.7 Å². The van der Waals surface area contributed by atoms with E-state index in [9.17, 15) is 28.3 Å². The summed E-state index contributed by atoms with van der Waals surface area (Å²) in [5, 5.41) is 16.3. The standard InChI is InChI=1S/C27H33F2N3O5/c1-26(2,3)31-16-6-10-22(27(4,14-16)25(35)36)32-12-11-19(24(32)34)30-23(33)21-9-8-20(37-21)15-5-7-17(28)18(29)13-15/h5,7-9,13,16,19,22,31H,6,10-12,14H2,1-4H3,(H,30,33)(H,35,36)/t16?,19-,22?,27?/m0/s1. The number of halogens is 2. The van der Waals surface area contributed by atoms with Crippen molar-refractivity contribution in [3.05, 3.63) is 47.7 Å². The summed E-state index contributed by atoms with van der Waals surface area (Å²) < 4.78 is 32.3. The Hall–Kier alpha value is -3.27. The molecule has 1 aromatic carbocycles. The van der Waals surface area contributed by atoms with Crippen molar-refractivity contribution in [1.29, 1.82) is 0 Å². The summed E-state index contributed by atoms with van der Waals surface area (Å²) in [4.78, 5) is 40.0. The number of carboxylic acids is 1. The van der Waals surface area contributed by atoms with Gasteiger partial charge >= 0.3 is 5.97 Å². The largest absolute Gasteiger partial charge is 0.481 e. The van der Waals surface area contributed by atoms with Gasteiger partial charge in [-0.2, -0.15) is 0 Å². The Morgan fingerprint density at radius 3 is 2.49 bits per heavy atom. The van der Waals surface area contributed by atoms with Crippen molar-refractivity contribution in [2.75, 3.05) is 6.54 Å². The number of benzene rings is 1. The molecule has 1 saturated carbocycles. The molecule has 4 rings (SSSR count). The van der Waals surface area contributed by atoms with Gasteiger partial charge in [0.05, 0.1) is 5.41 Å². The van der Waals surface area contributed by atoms with E-state index < -0.39 is 41.0 Å². The first-order valence-corrected chi connectivity index (χ1v) is 12.5. The molecule has 2 amide bonds. The summed E-state index contributed by atoms with van der Waals surface area (Å²) >= 11 is 0. The lowest BCUT2D eigenvalue weighted by Gasteiger charge is -2.47. The van der Waals surface area contributed by atoms with E-state index in [1.807, 2.05) is 20.8 Å². The maximum absolute atomic E-state index is 13.6. The zero-order valence-corrected chi connectivity index (χ0v) is 21.4. The Kier molecular flexibility index (Phi) is 7.16. The molecule has 2 aliphatic rings. The van der Waals surface area contributed by atoms with Crippen LogP contribution in [0.15, 0.2) is 34.7 Å². The minimum atomic E-state index is -1.13. The second kappa shape index (κ2) is 9.89. The smallest absolute Gasteiger partial charge is 0.311 e. The number of hydrogen-bond donors (Lipinski definition) is 3. The van der Waals surface area contributed by atoms with E-state index >= 15 is 0 Å². The van der Waals surface area contributed by atoms with E-state index in [1.54, 1.807) is 11.8 Å². The molecule has 2 aromatic rings. The monoisotopic (exact) mass is 517 g/mol. The van der Waals surface area contributed by atoms with Crippen LogP contribution >= 0.6 is 0 Å². The lowest BCUT2D eigenvalue weighted by atomic mass is 9.68. The van der Waals surface area contributed by atoms with E-state index in [0.29, 0.717) is 25.8 Å². The minimum absolute atomic E-state index is 0.0216. The fourth-order valence-electron chi connectivity index (χ4n) is 5.53. The highest BCUT2D eigenvalue weighted by molar-refractivity contribution is 5.96. The first kappa shape index (κ1) is 26.8. The molecule has 4 atom stereocenters. The highest BCUT2D eigenvalue weighted by Crippen LogP contribution is 2.41. The van der Waals surface area contributed by atoms with Crippen LogP contribution in [0.25, 0.3) is 11.3 Å². The van der Waals surface area contributed by atoms with Crippen LogP contribution in [0.1, 0.15) is 63.9 Å². The highest BCUT2D eigenvalue weighted by atomic mass is 19.2. The van der Waals surface area contributed by atoms with Gasteiger partial charge in [-0.05, 0) is 83.7 Å². The molecule has 2 fully saturated rings. The first-order valence-electron chi connectivity index (χ1n) is 12.5. The van der Waals surface area contributed by atoms with Gasteiger partial charge in [0.2, 0.25) is 5.91 Å². The van der Waals surface area contributed by atoms with Gasteiger partial charge in [-0.1, -0.05) is 0 Å². The van der Waals surface area contributed by atoms with E-state index in [4.69, 9.17) is 4.42 Å². The lowest BCUT2D eigenvalue weighted by Crippen LogP contribution is -2.59. The average molecular weight is 518 g/mol. The summed E-state index contributed by atoms with van der Waals surface area (Å²) in [5.74, 6) is -3.80. The van der Waals surface area contributed by atoms with Gasteiger partial charge in [0.1, 0.15) is 11.8 Å². The Labute approximate surface area is 214 Å². The minimum Gasteiger partial charge on any atom is -0.481 e. The summed E-state index contributed by atoms with van der Waals surface area (Å²) in [7, 11) is 0. The molecule has 1 aliphatic heterocycles. The number of carbonyl (C=O) groups excluding carboxylic acids is 2. The van der Waals surface area contributed by atoms with E-state index in [1.165, 1.54) is 18.2 Å². The fraction of sp³-hybridized carbons (Fsp3) is 0.519. The lowest BCUT2D eigenvalue weighted by molar-refractivity contribution is -0.158. The highest BCUT2D eigenvalue weighted by Gasteiger charge is 2.52. The van der Waals surface area contributed by atoms with Gasteiger partial charge in [-0.25, -0.2) is 8.78 Å². The SMILES string of the molecule is CC(C)(C)NC1CCC(N2CC[C@H](NC(=O)c3ccc(-c4ccc(F)c(F)c4)o3)C2=O)C(C)(C(=O)O)C1. The number of furan rings is 1. The molecule has 1 aliphatic carbocycles. The van der Waals surface area contributed by atoms with Crippen molar-refractivity contribution in [2.45, 2.75) is 77.0 Å². The number of hydrogen-bond acceptors (Lipinski definition) is 5. The van der Waals surface area contributed by atoms with Crippen LogP contribution in [0.5, 0.6) is 0 Å². The molecule has 200 valence electrons. The normalized spacial score (nSPS) is 26.4. The Morgan fingerprint density at radius 2 is 1.84 bits per heavy atom. The Bertz CT molecular complexity index is 1210. The molecule has 1 aromatic heterocycles. The predicted octanol–water partition coefficient (Wildman–Crippen LogP) is 3.96. The van der Waals surface area contributed by atoms with Crippen LogP contribution in [0, 0.1) is 17.0 Å². The van der Waals surface area contributed by atoms with Crippen LogP contribution in [0.2, 0.25) is 0 Å². The van der Waals surface area contributed by atoms with Gasteiger partial charge in [-0.3, -0.25) is 14.4 Å². The van der Waals surface area contributed by atoms with Crippen LogP contribution in [0.4, 0.5) is 8.78 Å². The van der Waals surface area contributed by atoms with Crippen LogP contribution < -0.4 is 10.6 Å². The van der Waals surface area contributed by atoms with Gasteiger partial charge in [0.15, 0.2) is 17.4 Å². The number of rotatable bonds is 6. The Morgan fingerprint density at radius 1 is 1.11 bits per heavy atom. The molecule has 3 N–H and O–H groups in total.